The summed E-state index contributed by atoms with van der Waals surface area (Å²) < 4.78 is 53.5. The summed E-state index contributed by atoms with van der Waals surface area (Å²) in [5.74, 6) is -3.11. The van der Waals surface area contributed by atoms with E-state index >= 15 is 0 Å². The zero-order valence-corrected chi connectivity index (χ0v) is 25.6. The average molecular weight is 674 g/mol. The number of fused-ring (bicyclic) bond motifs is 1. The minimum Gasteiger partial charge on any atom is -0.482 e. The fourth-order valence-electron chi connectivity index (χ4n) is 4.86. The highest BCUT2D eigenvalue weighted by Crippen LogP contribution is 2.32. The van der Waals surface area contributed by atoms with E-state index in [0.717, 1.165) is 0 Å². The highest BCUT2D eigenvalue weighted by Gasteiger charge is 2.30. The number of benzene rings is 3. The molecule has 0 fully saturated rings. The van der Waals surface area contributed by atoms with Crippen molar-refractivity contribution in [3.63, 3.8) is 0 Å². The van der Waals surface area contributed by atoms with Gasteiger partial charge in [0.05, 0.1) is 28.1 Å². The van der Waals surface area contributed by atoms with Crippen LogP contribution in [0.25, 0.3) is 5.52 Å². The van der Waals surface area contributed by atoms with E-state index in [4.69, 9.17) is 14.6 Å². The van der Waals surface area contributed by atoms with Crippen LogP contribution in [0.4, 0.5) is 24.5 Å². The van der Waals surface area contributed by atoms with Crippen molar-refractivity contribution >= 4 is 46.9 Å². The van der Waals surface area contributed by atoms with Gasteiger partial charge in [0.25, 0.3) is 5.91 Å². The predicted octanol–water partition coefficient (Wildman–Crippen LogP) is 6.75. The number of hydrogen-bond acceptors (Lipinski definition) is 8. The number of esters is 1. The molecule has 3 aromatic carbocycles. The maximum atomic E-state index is 14.1. The second kappa shape index (κ2) is 14.5. The maximum Gasteiger partial charge on any atom is 0.573 e. The molecule has 0 saturated heterocycles. The van der Waals surface area contributed by atoms with Gasteiger partial charge in [-0.2, -0.15) is 0 Å². The molecule has 0 spiro atoms. The molecule has 11 nitrogen and oxygen atoms in total. The summed E-state index contributed by atoms with van der Waals surface area (Å²) in [5, 5.41) is 11.7. The Morgan fingerprint density at radius 3 is 2.41 bits per heavy atom. The van der Waals surface area contributed by atoms with Crippen LogP contribution in [-0.2, 0) is 20.9 Å². The number of carbonyl (C=O) groups is 4. The molecule has 1 amide bonds. The number of carboxylic acids is 1. The van der Waals surface area contributed by atoms with E-state index in [-0.39, 0.29) is 46.8 Å². The smallest absolute Gasteiger partial charge is 0.482 e. The first-order chi connectivity index (χ1) is 23.4. The number of alkyl halides is 3. The third-order valence-electron chi connectivity index (χ3n) is 7.07. The molecular formula is C35H26F3N3O8. The van der Waals surface area contributed by atoms with Crippen LogP contribution in [0, 0.1) is 6.92 Å². The lowest BCUT2D eigenvalue weighted by atomic mass is 10.0. The van der Waals surface area contributed by atoms with Crippen LogP contribution >= 0.6 is 0 Å². The number of nitrogens with zero attached hydrogens (tertiary/aromatic N) is 2. The molecule has 0 bridgehead atoms. The number of nitrogens with one attached hydrogen (secondary N) is 1. The fourth-order valence-corrected chi connectivity index (χ4v) is 4.86. The first kappa shape index (κ1) is 33.9. The molecule has 0 atom stereocenters. The summed E-state index contributed by atoms with van der Waals surface area (Å²) in [6.07, 6.45) is -3.27. The topological polar surface area (TPSA) is 145 Å². The minimum atomic E-state index is -5.01. The molecule has 5 aromatic rings. The molecule has 2 heterocycles. The first-order valence-electron chi connectivity index (χ1n) is 14.4. The van der Waals surface area contributed by atoms with Gasteiger partial charge in [0, 0.05) is 22.9 Å². The number of ketones is 1. The Kier molecular flexibility index (Phi) is 10.1. The summed E-state index contributed by atoms with van der Waals surface area (Å²) in [6, 6.07) is 23.3. The van der Waals surface area contributed by atoms with E-state index in [9.17, 15) is 32.3 Å². The third-order valence-corrected chi connectivity index (χ3v) is 7.07. The average Bonchev–Trinajstić information content (AvgIpc) is 3.36. The lowest BCUT2D eigenvalue weighted by molar-refractivity contribution is -0.280. The van der Waals surface area contributed by atoms with Gasteiger partial charge in [0.15, 0.2) is 13.0 Å². The van der Waals surface area contributed by atoms with Crippen molar-refractivity contribution in [2.75, 3.05) is 11.9 Å². The van der Waals surface area contributed by atoms with Gasteiger partial charge in [-0.15, -0.1) is 13.2 Å². The second-order valence-electron chi connectivity index (χ2n) is 10.4. The fraction of sp³-hybridized carbons (Fsp3) is 0.114. The summed E-state index contributed by atoms with van der Waals surface area (Å²) in [6.45, 7) is 0.867. The van der Waals surface area contributed by atoms with Crippen LogP contribution in [0.3, 0.4) is 0 Å². The van der Waals surface area contributed by atoms with Gasteiger partial charge in [-0.1, -0.05) is 42.5 Å². The normalized spacial score (nSPS) is 11.3. The maximum absolute atomic E-state index is 14.1. The largest absolute Gasteiger partial charge is 0.573 e. The Morgan fingerprint density at radius 2 is 1.67 bits per heavy atom. The van der Waals surface area contributed by atoms with Crippen molar-refractivity contribution in [1.82, 2.24) is 4.40 Å². The van der Waals surface area contributed by atoms with E-state index in [2.05, 4.69) is 15.0 Å². The Morgan fingerprint density at radius 1 is 0.918 bits per heavy atom. The predicted molar refractivity (Wildman–Crippen MR) is 170 cm³/mol. The number of amides is 1. The lowest BCUT2D eigenvalue weighted by Gasteiger charge is -2.10. The molecule has 5 rings (SSSR count). The van der Waals surface area contributed by atoms with Crippen LogP contribution in [0.2, 0.25) is 0 Å². The van der Waals surface area contributed by atoms with Crippen LogP contribution in [0.1, 0.15) is 47.9 Å². The summed E-state index contributed by atoms with van der Waals surface area (Å²) >= 11 is 0. The van der Waals surface area contributed by atoms with E-state index in [1.165, 1.54) is 42.5 Å². The quantitative estimate of drug-likeness (QED) is 0.0641. The molecule has 0 aliphatic heterocycles. The molecule has 0 saturated carbocycles. The standard InChI is InChI=1S/C35H26F3N3O8/c1-21-30(40-33(45)24-10-7-11-25(16-24)47-19-29(42)43)28-12-5-6-15-41(28)31(21)32(44)23-13-14-27(39-20-49-35(36,37)38)26(17-23)34(46)48-18-22-8-3-2-4-9-22/h2-17,20H,18-19H2,1H3,(H,40,45)(H,42,43)/b39-20-. The number of pyridine rings is 1. The molecule has 0 unspecified atom stereocenters. The van der Waals surface area contributed by atoms with Gasteiger partial charge in [-0.25, -0.2) is 14.6 Å². The molecule has 14 heteroatoms. The van der Waals surface area contributed by atoms with E-state index in [1.54, 1.807) is 66.1 Å². The molecule has 250 valence electrons. The number of aliphatic imine (C=N–C) groups is 1. The van der Waals surface area contributed by atoms with Crippen molar-refractivity contribution in [1.29, 1.82) is 0 Å². The molecule has 0 aliphatic carbocycles. The van der Waals surface area contributed by atoms with Crippen molar-refractivity contribution in [2.45, 2.75) is 19.9 Å². The monoisotopic (exact) mass is 673 g/mol. The van der Waals surface area contributed by atoms with Crippen molar-refractivity contribution in [3.8, 4) is 5.75 Å². The van der Waals surface area contributed by atoms with Crippen molar-refractivity contribution in [3.05, 3.63) is 131 Å². The molecule has 0 radical (unpaired) electrons. The molecule has 2 aromatic heterocycles. The van der Waals surface area contributed by atoms with Gasteiger partial charge in [-0.05, 0) is 61.0 Å². The summed E-state index contributed by atoms with van der Waals surface area (Å²) in [5.41, 5.74) is 1.53. The Bertz CT molecular complexity index is 2070. The number of ether oxygens (including phenoxy) is 3. The Balaban J connectivity index is 1.48. The molecule has 49 heavy (non-hydrogen) atoms. The van der Waals surface area contributed by atoms with Gasteiger partial charge >= 0.3 is 18.3 Å². The molecule has 0 aliphatic rings. The number of aliphatic carboxylic acids is 1. The number of aromatic nitrogens is 1. The highest BCUT2D eigenvalue weighted by molar-refractivity contribution is 6.15. The van der Waals surface area contributed by atoms with Gasteiger partial charge < -0.3 is 29.0 Å². The zero-order chi connectivity index (χ0) is 35.1. The number of halogens is 3. The molecule has 2 N–H and O–H groups in total. The van der Waals surface area contributed by atoms with E-state index < -0.39 is 36.6 Å². The second-order valence-corrected chi connectivity index (χ2v) is 10.4. The lowest BCUT2D eigenvalue weighted by Crippen LogP contribution is -2.14. The van der Waals surface area contributed by atoms with Gasteiger partial charge in [0.1, 0.15) is 12.4 Å². The van der Waals surface area contributed by atoms with Crippen molar-refractivity contribution < 1.29 is 51.7 Å². The van der Waals surface area contributed by atoms with Gasteiger partial charge in [-0.3, -0.25) is 9.59 Å². The summed E-state index contributed by atoms with van der Waals surface area (Å²) in [7, 11) is 0. The minimum absolute atomic E-state index is 0.0186. The van der Waals surface area contributed by atoms with Crippen LogP contribution in [0.5, 0.6) is 5.75 Å². The zero-order valence-electron chi connectivity index (χ0n) is 25.6. The number of carbonyl (C=O) groups excluding carboxylic acids is 3. The first-order valence-corrected chi connectivity index (χ1v) is 14.4. The number of carboxylic acid groups (broad SMARTS) is 1. The van der Waals surface area contributed by atoms with Gasteiger partial charge in [0.2, 0.25) is 5.78 Å². The third kappa shape index (κ3) is 8.29. The van der Waals surface area contributed by atoms with Crippen LogP contribution in [0.15, 0.2) is 102 Å². The number of rotatable bonds is 12. The number of hydrogen-bond donors (Lipinski definition) is 2. The van der Waals surface area contributed by atoms with E-state index in [0.29, 0.717) is 22.3 Å². The van der Waals surface area contributed by atoms with E-state index in [1.807, 2.05) is 0 Å². The summed E-state index contributed by atoms with van der Waals surface area (Å²) in [4.78, 5) is 55.1. The van der Waals surface area contributed by atoms with Crippen molar-refractivity contribution in [2.24, 2.45) is 4.99 Å². The van der Waals surface area contributed by atoms with Crippen LogP contribution < -0.4 is 10.1 Å². The Hall–Kier alpha value is -6.44. The molecular weight excluding hydrogens is 647 g/mol. The highest BCUT2D eigenvalue weighted by atomic mass is 19.4. The number of anilines is 1. The Labute approximate surface area is 276 Å². The SMILES string of the molecule is Cc1c(NC(=O)c2cccc(OCC(=O)O)c2)c2ccccn2c1C(=O)c1ccc(/N=C\OC(F)(F)F)c(C(=O)OCc2ccccc2)c1. The van der Waals surface area contributed by atoms with Crippen LogP contribution in [-0.4, -0.2) is 52.5 Å².